The lowest BCUT2D eigenvalue weighted by atomic mass is 10.3. The van der Waals surface area contributed by atoms with Crippen molar-refractivity contribution >= 4 is 11.6 Å². The summed E-state index contributed by atoms with van der Waals surface area (Å²) < 4.78 is 20.3. The largest absolute Gasteiger partial charge is 0.478 e. The van der Waals surface area contributed by atoms with Crippen molar-refractivity contribution in [2.45, 2.75) is 19.6 Å². The number of aromatic amines is 1. The number of amides is 1. The fourth-order valence-electron chi connectivity index (χ4n) is 2.10. The Morgan fingerprint density at radius 1 is 1.42 bits per heavy atom. The number of ether oxygens (including phenoxy) is 1. The van der Waals surface area contributed by atoms with Crippen molar-refractivity contribution in [3.05, 3.63) is 58.7 Å². The number of carbonyl (C=O) groups excluding carboxylic acids is 1. The maximum Gasteiger partial charge on any atom is 0.293 e. The molecule has 24 heavy (non-hydrogen) atoms. The normalized spacial score (nSPS) is 12.1. The van der Waals surface area contributed by atoms with Crippen molar-refractivity contribution in [2.75, 3.05) is 0 Å². The van der Waals surface area contributed by atoms with Gasteiger partial charge in [0, 0.05) is 12.4 Å². The number of H-pyrrole nitrogens is 1. The molecule has 3 rings (SSSR count). The van der Waals surface area contributed by atoms with Gasteiger partial charge in [0.25, 0.3) is 11.5 Å². The lowest BCUT2D eigenvalue weighted by Gasteiger charge is -2.14. The first kappa shape index (κ1) is 15.7. The highest BCUT2D eigenvalue weighted by Gasteiger charge is 2.17. The molecule has 0 bridgehead atoms. The topological polar surface area (TPSA) is 101 Å². The third kappa shape index (κ3) is 3.09. The smallest absolute Gasteiger partial charge is 0.293 e. The van der Waals surface area contributed by atoms with E-state index in [1.807, 2.05) is 0 Å². The molecular weight excluding hydrogens is 317 g/mol. The van der Waals surface area contributed by atoms with Crippen LogP contribution in [0.3, 0.4) is 0 Å². The van der Waals surface area contributed by atoms with E-state index in [9.17, 15) is 14.0 Å². The summed E-state index contributed by atoms with van der Waals surface area (Å²) in [4.78, 5) is 26.1. The molecule has 0 saturated carbocycles. The van der Waals surface area contributed by atoms with Crippen LogP contribution < -0.4 is 15.6 Å². The summed E-state index contributed by atoms with van der Waals surface area (Å²) in [6.07, 6.45) is 2.13. The number of fused-ring (bicyclic) bond motifs is 1. The van der Waals surface area contributed by atoms with E-state index in [-0.39, 0.29) is 23.5 Å². The molecule has 0 aliphatic carbocycles. The van der Waals surface area contributed by atoms with Gasteiger partial charge in [-0.2, -0.15) is 0 Å². The first-order valence-corrected chi connectivity index (χ1v) is 7.16. The van der Waals surface area contributed by atoms with Crippen LogP contribution in [0.5, 0.6) is 5.75 Å². The zero-order valence-corrected chi connectivity index (χ0v) is 12.7. The molecule has 3 aromatic rings. The zero-order chi connectivity index (χ0) is 17.1. The van der Waals surface area contributed by atoms with E-state index in [4.69, 9.17) is 4.74 Å². The minimum Gasteiger partial charge on any atom is -0.478 e. The predicted octanol–water partition coefficient (Wildman–Crippen LogP) is 0.640. The minimum absolute atomic E-state index is 0.000360. The molecule has 1 atom stereocenters. The molecule has 2 heterocycles. The highest BCUT2D eigenvalue weighted by atomic mass is 19.1. The maximum absolute atomic E-state index is 13.5. The van der Waals surface area contributed by atoms with Gasteiger partial charge in [0.05, 0.1) is 6.54 Å². The van der Waals surface area contributed by atoms with Gasteiger partial charge in [0.2, 0.25) is 5.65 Å². The van der Waals surface area contributed by atoms with Crippen LogP contribution in [0.1, 0.15) is 12.7 Å². The van der Waals surface area contributed by atoms with Crippen molar-refractivity contribution in [1.82, 2.24) is 24.9 Å². The molecule has 0 aliphatic rings. The summed E-state index contributed by atoms with van der Waals surface area (Å²) in [5.41, 5.74) is -0.240. The lowest BCUT2D eigenvalue weighted by Crippen LogP contribution is -2.36. The van der Waals surface area contributed by atoms with Gasteiger partial charge in [0.1, 0.15) is 0 Å². The second-order valence-corrected chi connectivity index (χ2v) is 5.01. The lowest BCUT2D eigenvalue weighted by molar-refractivity contribution is -0.127. The number of rotatable bonds is 5. The van der Waals surface area contributed by atoms with Crippen molar-refractivity contribution in [1.29, 1.82) is 0 Å². The predicted molar refractivity (Wildman–Crippen MR) is 81.9 cm³/mol. The number of para-hydroxylation sites is 1. The van der Waals surface area contributed by atoms with Crippen LogP contribution in [0.25, 0.3) is 5.65 Å². The Hall–Kier alpha value is -3.23. The second-order valence-electron chi connectivity index (χ2n) is 5.01. The third-order valence-electron chi connectivity index (χ3n) is 3.34. The molecule has 124 valence electrons. The van der Waals surface area contributed by atoms with E-state index in [0.29, 0.717) is 5.82 Å². The van der Waals surface area contributed by atoms with Gasteiger partial charge in [-0.25, -0.2) is 4.39 Å². The number of halogens is 1. The standard InChI is InChI=1S/C15H14FN5O3/c1-9(24-11-5-3-2-4-10(11)16)14(22)18-8-12-19-20-13-15(23)17-6-7-21(12)13/h2-7,9H,8H2,1H3,(H,17,23)(H,18,22)/t9-/m1/s1. The van der Waals surface area contributed by atoms with Crippen molar-refractivity contribution in [3.8, 4) is 5.75 Å². The molecule has 1 amide bonds. The molecular formula is C15H14FN5O3. The Kier molecular flexibility index (Phi) is 4.23. The number of nitrogens with zero attached hydrogens (tertiary/aromatic N) is 3. The molecule has 0 aliphatic heterocycles. The van der Waals surface area contributed by atoms with E-state index < -0.39 is 17.8 Å². The maximum atomic E-state index is 13.5. The molecule has 2 aromatic heterocycles. The van der Waals surface area contributed by atoms with Crippen molar-refractivity contribution < 1.29 is 13.9 Å². The first-order chi connectivity index (χ1) is 11.6. The number of aromatic nitrogens is 4. The van der Waals surface area contributed by atoms with Gasteiger partial charge in [-0.3, -0.25) is 14.0 Å². The molecule has 0 unspecified atom stereocenters. The van der Waals surface area contributed by atoms with E-state index in [0.717, 1.165) is 0 Å². The zero-order valence-electron chi connectivity index (χ0n) is 12.7. The quantitative estimate of drug-likeness (QED) is 0.714. The van der Waals surface area contributed by atoms with Gasteiger partial charge >= 0.3 is 0 Å². The monoisotopic (exact) mass is 331 g/mol. The Morgan fingerprint density at radius 3 is 3.00 bits per heavy atom. The summed E-state index contributed by atoms with van der Waals surface area (Å²) >= 11 is 0. The van der Waals surface area contributed by atoms with E-state index in [2.05, 4.69) is 20.5 Å². The number of nitrogens with one attached hydrogen (secondary N) is 2. The molecule has 0 saturated heterocycles. The Labute approximate surface area is 135 Å². The van der Waals surface area contributed by atoms with Gasteiger partial charge < -0.3 is 15.0 Å². The van der Waals surface area contributed by atoms with E-state index >= 15 is 0 Å². The first-order valence-electron chi connectivity index (χ1n) is 7.16. The minimum atomic E-state index is -0.899. The highest BCUT2D eigenvalue weighted by Crippen LogP contribution is 2.17. The Morgan fingerprint density at radius 2 is 2.21 bits per heavy atom. The highest BCUT2D eigenvalue weighted by molar-refractivity contribution is 5.80. The second kappa shape index (κ2) is 6.49. The molecule has 8 nitrogen and oxygen atoms in total. The Balaban J connectivity index is 1.65. The van der Waals surface area contributed by atoms with Crippen LogP contribution >= 0.6 is 0 Å². The van der Waals surface area contributed by atoms with Crippen molar-refractivity contribution in [3.63, 3.8) is 0 Å². The van der Waals surface area contributed by atoms with Crippen LogP contribution in [-0.4, -0.2) is 31.6 Å². The van der Waals surface area contributed by atoms with E-state index in [1.165, 1.54) is 35.7 Å². The molecule has 0 fully saturated rings. The van der Waals surface area contributed by atoms with E-state index in [1.54, 1.807) is 12.3 Å². The van der Waals surface area contributed by atoms with Gasteiger partial charge in [-0.15, -0.1) is 10.2 Å². The molecule has 0 radical (unpaired) electrons. The van der Waals surface area contributed by atoms with Crippen LogP contribution in [0.2, 0.25) is 0 Å². The summed E-state index contributed by atoms with van der Waals surface area (Å²) in [6, 6.07) is 5.84. The fourth-order valence-corrected chi connectivity index (χ4v) is 2.10. The molecule has 2 N–H and O–H groups in total. The number of hydrogen-bond donors (Lipinski definition) is 2. The summed E-state index contributed by atoms with van der Waals surface area (Å²) in [5, 5.41) is 10.2. The molecule has 0 spiro atoms. The van der Waals surface area contributed by atoms with Gasteiger partial charge in [-0.05, 0) is 19.1 Å². The third-order valence-corrected chi connectivity index (χ3v) is 3.34. The summed E-state index contributed by atoms with van der Waals surface area (Å²) in [7, 11) is 0. The van der Waals surface area contributed by atoms with Crippen LogP contribution in [0.15, 0.2) is 41.5 Å². The van der Waals surface area contributed by atoms with Crippen molar-refractivity contribution in [2.24, 2.45) is 0 Å². The summed E-state index contributed by atoms with van der Waals surface area (Å²) in [5.74, 6) is -0.596. The fraction of sp³-hybridized carbons (Fsp3) is 0.200. The number of benzene rings is 1. The van der Waals surface area contributed by atoms with Crippen LogP contribution in [-0.2, 0) is 11.3 Å². The van der Waals surface area contributed by atoms with Crippen LogP contribution in [0, 0.1) is 5.82 Å². The SMILES string of the molecule is C[C@@H](Oc1ccccc1F)C(=O)NCc1nnc2c(=O)[nH]ccn12. The molecule has 9 heteroatoms. The van der Waals surface area contributed by atoms with Gasteiger partial charge in [-0.1, -0.05) is 12.1 Å². The van der Waals surface area contributed by atoms with Crippen LogP contribution in [0.4, 0.5) is 4.39 Å². The number of carbonyl (C=O) groups is 1. The van der Waals surface area contributed by atoms with Gasteiger partial charge in [0.15, 0.2) is 23.5 Å². The average Bonchev–Trinajstić information content (AvgIpc) is 2.99. The Bertz CT molecular complexity index is 936. The summed E-state index contributed by atoms with van der Waals surface area (Å²) in [6.45, 7) is 1.56. The average molecular weight is 331 g/mol. The number of hydrogen-bond acceptors (Lipinski definition) is 5. The molecule has 1 aromatic carbocycles.